The molecule has 0 amide bonds. The molecule has 0 unspecified atom stereocenters. The van der Waals surface area contributed by atoms with Gasteiger partial charge in [0.2, 0.25) is 0 Å². The zero-order valence-corrected chi connectivity index (χ0v) is 15.5. The van der Waals surface area contributed by atoms with Gasteiger partial charge >= 0.3 is 5.97 Å². The Bertz CT molecular complexity index is 426. The number of piperidine rings is 1. The molecule has 1 saturated heterocycles. The minimum Gasteiger partial charge on any atom is -0.474 e. The summed E-state index contributed by atoms with van der Waals surface area (Å²) >= 11 is 0. The van der Waals surface area contributed by atoms with Gasteiger partial charge in [0.05, 0.1) is 12.0 Å². The summed E-state index contributed by atoms with van der Waals surface area (Å²) in [5.41, 5.74) is -0.648. The average Bonchev–Trinajstić information content (AvgIpc) is 2.47. The first kappa shape index (κ1) is 19.6. The van der Waals surface area contributed by atoms with Crippen LogP contribution in [0.1, 0.15) is 60.3 Å². The molecule has 0 aromatic heterocycles. The molecule has 0 aromatic rings. The van der Waals surface area contributed by atoms with Gasteiger partial charge in [0, 0.05) is 13.1 Å². The van der Waals surface area contributed by atoms with E-state index >= 15 is 0 Å². The van der Waals surface area contributed by atoms with Crippen LogP contribution in [0, 0.1) is 5.41 Å². The Morgan fingerprint density at radius 2 is 1.87 bits per heavy atom. The molecule has 1 fully saturated rings. The highest BCUT2D eigenvalue weighted by atomic mass is 16.5. The highest BCUT2D eigenvalue weighted by molar-refractivity contribution is 5.77. The van der Waals surface area contributed by atoms with Gasteiger partial charge in [-0.2, -0.15) is 0 Å². The normalized spacial score (nSPS) is 18.5. The zero-order chi connectivity index (χ0) is 17.5. The number of ether oxygens (including phenoxy) is 2. The number of hydrogen-bond acceptors (Lipinski definition) is 4. The first-order valence-corrected chi connectivity index (χ1v) is 8.70. The molecule has 1 heterocycles. The van der Waals surface area contributed by atoms with Crippen LogP contribution in [0.3, 0.4) is 0 Å². The van der Waals surface area contributed by atoms with Crippen molar-refractivity contribution in [2.75, 3.05) is 19.7 Å². The van der Waals surface area contributed by atoms with Gasteiger partial charge in [-0.1, -0.05) is 13.0 Å². The molecule has 0 spiro atoms. The van der Waals surface area contributed by atoms with Gasteiger partial charge in [-0.25, -0.2) is 0 Å². The summed E-state index contributed by atoms with van der Waals surface area (Å²) in [7, 11) is 0. The number of carbonyl (C=O) groups is 1. The van der Waals surface area contributed by atoms with Crippen molar-refractivity contribution in [3.05, 3.63) is 24.6 Å². The van der Waals surface area contributed by atoms with E-state index in [1.165, 1.54) is 0 Å². The Morgan fingerprint density at radius 1 is 1.26 bits per heavy atom. The topological polar surface area (TPSA) is 38.8 Å². The Balaban J connectivity index is 2.82. The predicted molar refractivity (Wildman–Crippen MR) is 93.9 cm³/mol. The second-order valence-electron chi connectivity index (χ2n) is 7.15. The number of nitrogens with zero attached hydrogens (tertiary/aromatic N) is 1. The van der Waals surface area contributed by atoms with E-state index in [9.17, 15) is 4.79 Å². The van der Waals surface area contributed by atoms with Crippen molar-refractivity contribution in [3.8, 4) is 0 Å². The summed E-state index contributed by atoms with van der Waals surface area (Å²) in [6.07, 6.45) is 7.10. The molecule has 1 aliphatic rings. The fourth-order valence-electron chi connectivity index (χ4n) is 2.93. The predicted octanol–water partition coefficient (Wildman–Crippen LogP) is 4.27. The van der Waals surface area contributed by atoms with E-state index in [-0.39, 0.29) is 11.6 Å². The molecule has 132 valence electrons. The van der Waals surface area contributed by atoms with Crippen LogP contribution in [-0.4, -0.2) is 36.2 Å². The van der Waals surface area contributed by atoms with Crippen molar-refractivity contribution in [2.45, 2.75) is 65.9 Å². The van der Waals surface area contributed by atoms with Crippen LogP contribution < -0.4 is 0 Å². The first-order chi connectivity index (χ1) is 10.8. The Labute approximate surface area is 141 Å². The molecule has 1 rings (SSSR count). The van der Waals surface area contributed by atoms with Crippen LogP contribution in [-0.2, 0) is 14.3 Å². The van der Waals surface area contributed by atoms with Gasteiger partial charge in [0.25, 0.3) is 0 Å². The molecule has 0 N–H and O–H groups in total. The van der Waals surface area contributed by atoms with Gasteiger partial charge in [-0.3, -0.25) is 4.79 Å². The van der Waals surface area contributed by atoms with E-state index < -0.39 is 5.41 Å². The van der Waals surface area contributed by atoms with E-state index in [4.69, 9.17) is 9.47 Å². The largest absolute Gasteiger partial charge is 0.474 e. The number of rotatable bonds is 7. The number of likely N-dealkylation sites (tertiary alicyclic amines) is 1. The maximum absolute atomic E-state index is 12.4. The van der Waals surface area contributed by atoms with Crippen LogP contribution >= 0.6 is 0 Å². The van der Waals surface area contributed by atoms with Gasteiger partial charge in [0.15, 0.2) is 5.88 Å². The minimum absolute atomic E-state index is 0.0858. The third-order valence-electron chi connectivity index (χ3n) is 4.07. The molecule has 4 nitrogen and oxygen atoms in total. The van der Waals surface area contributed by atoms with Crippen molar-refractivity contribution < 1.29 is 14.3 Å². The average molecular weight is 323 g/mol. The maximum Gasteiger partial charge on any atom is 0.312 e. The maximum atomic E-state index is 12.4. The fourth-order valence-corrected chi connectivity index (χ4v) is 2.93. The van der Waals surface area contributed by atoms with Gasteiger partial charge in [-0.05, 0) is 59.5 Å². The second-order valence-corrected chi connectivity index (χ2v) is 7.15. The van der Waals surface area contributed by atoms with E-state index in [0.717, 1.165) is 38.2 Å². The lowest BCUT2D eigenvalue weighted by Crippen LogP contribution is -2.45. The highest BCUT2D eigenvalue weighted by Crippen LogP contribution is 2.38. The summed E-state index contributed by atoms with van der Waals surface area (Å²) in [5.74, 6) is 0.841. The zero-order valence-electron chi connectivity index (χ0n) is 15.5. The van der Waals surface area contributed by atoms with Crippen molar-refractivity contribution in [1.29, 1.82) is 0 Å². The summed E-state index contributed by atoms with van der Waals surface area (Å²) in [6.45, 7) is 16.0. The van der Waals surface area contributed by atoms with Crippen molar-refractivity contribution in [2.24, 2.45) is 5.41 Å². The van der Waals surface area contributed by atoms with Crippen LogP contribution in [0.2, 0.25) is 0 Å². The van der Waals surface area contributed by atoms with Crippen LogP contribution in [0.4, 0.5) is 0 Å². The molecule has 4 heteroatoms. The van der Waals surface area contributed by atoms with E-state index in [2.05, 4.69) is 45.2 Å². The molecule has 0 aliphatic carbocycles. The molecular weight excluding hydrogens is 290 g/mol. The van der Waals surface area contributed by atoms with E-state index in [1.807, 2.05) is 13.0 Å². The third-order valence-corrected chi connectivity index (χ3v) is 4.07. The Kier molecular flexibility index (Phi) is 7.17. The number of allylic oxidation sites excluding steroid dienone is 2. The Morgan fingerprint density at radius 3 is 2.30 bits per heavy atom. The van der Waals surface area contributed by atoms with E-state index in [0.29, 0.717) is 13.0 Å². The molecule has 1 aliphatic heterocycles. The van der Waals surface area contributed by atoms with Crippen molar-refractivity contribution in [1.82, 2.24) is 4.90 Å². The molecule has 23 heavy (non-hydrogen) atoms. The lowest BCUT2D eigenvalue weighted by Gasteiger charge is -2.42. The lowest BCUT2D eigenvalue weighted by molar-refractivity contribution is -0.158. The molecule has 0 saturated carbocycles. The Hall–Kier alpha value is -1.45. The van der Waals surface area contributed by atoms with Crippen molar-refractivity contribution in [3.63, 3.8) is 0 Å². The molecule has 0 radical (unpaired) electrons. The first-order valence-electron chi connectivity index (χ1n) is 8.70. The minimum atomic E-state index is -0.423. The molecule has 0 bridgehead atoms. The lowest BCUT2D eigenvalue weighted by atomic mass is 9.75. The van der Waals surface area contributed by atoms with Gasteiger partial charge < -0.3 is 14.4 Å². The summed E-state index contributed by atoms with van der Waals surface area (Å²) < 4.78 is 11.4. The quantitative estimate of drug-likeness (QED) is 0.398. The summed E-state index contributed by atoms with van der Waals surface area (Å²) in [6, 6.07) is 0. The molecule has 0 atom stereocenters. The summed E-state index contributed by atoms with van der Waals surface area (Å²) in [4.78, 5) is 14.7. The molecular formula is C19H33NO3. The monoisotopic (exact) mass is 323 g/mol. The van der Waals surface area contributed by atoms with Gasteiger partial charge in [0.1, 0.15) is 5.60 Å². The van der Waals surface area contributed by atoms with Gasteiger partial charge in [-0.15, -0.1) is 6.58 Å². The van der Waals surface area contributed by atoms with Crippen LogP contribution in [0.25, 0.3) is 0 Å². The van der Waals surface area contributed by atoms with Crippen molar-refractivity contribution >= 4 is 5.97 Å². The number of carbonyl (C=O) groups excluding carboxylic acids is 1. The van der Waals surface area contributed by atoms with Crippen LogP contribution in [0.5, 0.6) is 0 Å². The number of esters is 1. The summed E-state index contributed by atoms with van der Waals surface area (Å²) in [5, 5.41) is 0. The fraction of sp³-hybridized carbons (Fsp3) is 0.737. The van der Waals surface area contributed by atoms with E-state index in [1.54, 1.807) is 0 Å². The highest BCUT2D eigenvalue weighted by Gasteiger charge is 2.42. The molecule has 0 aromatic carbocycles. The SMILES string of the molecule is C=CCC1(C(=O)OCC)CCN(/C(=C/CC)OC(C)(C)C)CC1. The number of hydrogen-bond donors (Lipinski definition) is 0. The van der Waals surface area contributed by atoms with Crippen LogP contribution in [0.15, 0.2) is 24.6 Å². The third kappa shape index (κ3) is 5.60. The standard InChI is InChI=1S/C19H33NO3/c1-7-10-16(23-18(4,5)6)20-14-12-19(11-8-2,13-15-20)17(21)22-9-3/h8,10H,2,7,9,11-15H2,1,3-6H3/b16-10-. The smallest absolute Gasteiger partial charge is 0.312 e. The second kappa shape index (κ2) is 8.42.